The lowest BCUT2D eigenvalue weighted by Gasteiger charge is -2.46. The molecule has 1 N–H and O–H groups in total. The van der Waals surface area contributed by atoms with Crippen molar-refractivity contribution in [3.05, 3.63) is 46.1 Å². The van der Waals surface area contributed by atoms with Crippen LogP contribution in [0, 0.1) is 24.1 Å². The minimum Gasteiger partial charge on any atom is -0.344 e. The lowest BCUT2D eigenvalue weighted by molar-refractivity contribution is 0.0821. The zero-order chi connectivity index (χ0) is 18.6. The standard InChI is InChI=1S/C18H22ClFN2O2S/c1-10-17(25(4,23)24)22-16(21-10)15(12-8-18(2,3)9-12)11-5-6-14(20)13(19)7-11/h5-7,12,15H,8-9H2,1-4H3,(H,21,22). The van der Waals surface area contributed by atoms with Gasteiger partial charge >= 0.3 is 0 Å². The molecular formula is C18H22ClFN2O2S. The minimum atomic E-state index is -3.41. The molecular weight excluding hydrogens is 363 g/mol. The second kappa shape index (κ2) is 6.09. The number of nitrogens with zero attached hydrogens (tertiary/aromatic N) is 1. The Morgan fingerprint density at radius 2 is 2.00 bits per heavy atom. The first-order valence-electron chi connectivity index (χ1n) is 8.19. The van der Waals surface area contributed by atoms with Gasteiger partial charge in [0.05, 0.1) is 10.7 Å². The molecule has 4 nitrogen and oxygen atoms in total. The van der Waals surface area contributed by atoms with E-state index in [1.165, 1.54) is 6.07 Å². The lowest BCUT2D eigenvalue weighted by atomic mass is 9.59. The van der Waals surface area contributed by atoms with Gasteiger partial charge in [0.1, 0.15) is 11.6 Å². The quantitative estimate of drug-likeness (QED) is 0.845. The molecule has 1 atom stereocenters. The molecule has 0 aliphatic heterocycles. The maximum absolute atomic E-state index is 13.6. The van der Waals surface area contributed by atoms with Crippen molar-refractivity contribution in [3.63, 3.8) is 0 Å². The van der Waals surface area contributed by atoms with Crippen LogP contribution >= 0.6 is 11.6 Å². The molecule has 1 aromatic heterocycles. The van der Waals surface area contributed by atoms with Gasteiger partial charge in [0.25, 0.3) is 0 Å². The molecule has 7 heteroatoms. The minimum absolute atomic E-state index is 0.0627. The normalized spacial score (nSPS) is 18.8. The maximum atomic E-state index is 13.6. The predicted molar refractivity (Wildman–Crippen MR) is 96.2 cm³/mol. The summed E-state index contributed by atoms with van der Waals surface area (Å²) in [5.41, 5.74) is 1.61. The highest BCUT2D eigenvalue weighted by Gasteiger charge is 2.43. The second-order valence-electron chi connectivity index (χ2n) is 7.81. The number of benzene rings is 1. The van der Waals surface area contributed by atoms with Crippen LogP contribution < -0.4 is 0 Å². The summed E-state index contributed by atoms with van der Waals surface area (Å²) in [5.74, 6) is 0.293. The van der Waals surface area contributed by atoms with Gasteiger partial charge < -0.3 is 4.98 Å². The van der Waals surface area contributed by atoms with Crippen molar-refractivity contribution in [3.8, 4) is 0 Å². The highest BCUT2D eigenvalue weighted by atomic mass is 35.5. The van der Waals surface area contributed by atoms with E-state index in [0.29, 0.717) is 17.4 Å². The number of sulfone groups is 1. The van der Waals surface area contributed by atoms with E-state index < -0.39 is 15.7 Å². The van der Waals surface area contributed by atoms with Crippen molar-refractivity contribution in [2.75, 3.05) is 6.26 Å². The van der Waals surface area contributed by atoms with E-state index >= 15 is 0 Å². The number of aromatic amines is 1. The van der Waals surface area contributed by atoms with E-state index in [9.17, 15) is 12.8 Å². The summed E-state index contributed by atoms with van der Waals surface area (Å²) in [6, 6.07) is 4.67. The highest BCUT2D eigenvalue weighted by Crippen LogP contribution is 2.52. The molecule has 1 unspecified atom stereocenters. The van der Waals surface area contributed by atoms with E-state index in [1.807, 2.05) is 0 Å². The Bertz CT molecular complexity index is 913. The molecule has 1 saturated carbocycles. The van der Waals surface area contributed by atoms with Gasteiger partial charge in [-0.3, -0.25) is 0 Å². The number of imidazole rings is 1. The highest BCUT2D eigenvalue weighted by molar-refractivity contribution is 7.90. The van der Waals surface area contributed by atoms with Crippen LogP contribution in [0.1, 0.15) is 49.7 Å². The Labute approximate surface area is 152 Å². The van der Waals surface area contributed by atoms with Gasteiger partial charge in [-0.25, -0.2) is 17.8 Å². The number of aryl methyl sites for hydroxylation is 1. The largest absolute Gasteiger partial charge is 0.344 e. The van der Waals surface area contributed by atoms with E-state index in [-0.39, 0.29) is 21.4 Å². The number of hydrogen-bond donors (Lipinski definition) is 1. The zero-order valence-electron chi connectivity index (χ0n) is 14.7. The Morgan fingerprint density at radius 1 is 1.36 bits per heavy atom. The first-order chi connectivity index (χ1) is 11.5. The molecule has 1 heterocycles. The molecule has 0 amide bonds. The van der Waals surface area contributed by atoms with Crippen molar-refractivity contribution in [1.29, 1.82) is 0 Å². The fourth-order valence-electron chi connectivity index (χ4n) is 3.93. The van der Waals surface area contributed by atoms with Crippen LogP contribution in [0.25, 0.3) is 0 Å². The molecule has 25 heavy (non-hydrogen) atoms. The smallest absolute Gasteiger partial charge is 0.194 e. The molecule has 1 aliphatic carbocycles. The van der Waals surface area contributed by atoms with Gasteiger partial charge in [-0.15, -0.1) is 0 Å². The third-order valence-electron chi connectivity index (χ3n) is 4.91. The van der Waals surface area contributed by atoms with E-state index in [4.69, 9.17) is 11.6 Å². The molecule has 1 aliphatic rings. The van der Waals surface area contributed by atoms with Gasteiger partial charge in [0.15, 0.2) is 14.9 Å². The van der Waals surface area contributed by atoms with Gasteiger partial charge in [-0.1, -0.05) is 31.5 Å². The summed E-state index contributed by atoms with van der Waals surface area (Å²) < 4.78 is 37.4. The van der Waals surface area contributed by atoms with Crippen LogP contribution in [-0.4, -0.2) is 24.6 Å². The van der Waals surface area contributed by atoms with Crippen LogP contribution in [0.3, 0.4) is 0 Å². The molecule has 1 fully saturated rings. The average molecular weight is 385 g/mol. The summed E-state index contributed by atoms with van der Waals surface area (Å²) >= 11 is 5.97. The lowest BCUT2D eigenvalue weighted by Crippen LogP contribution is -2.36. The van der Waals surface area contributed by atoms with Crippen LogP contribution in [-0.2, 0) is 9.84 Å². The van der Waals surface area contributed by atoms with Crippen molar-refractivity contribution in [1.82, 2.24) is 9.97 Å². The Kier molecular flexibility index (Phi) is 4.48. The van der Waals surface area contributed by atoms with Crippen LogP contribution in [0.5, 0.6) is 0 Å². The van der Waals surface area contributed by atoms with Crippen LogP contribution in [0.4, 0.5) is 4.39 Å². The van der Waals surface area contributed by atoms with E-state index in [1.54, 1.807) is 19.1 Å². The molecule has 1 aromatic carbocycles. The summed E-state index contributed by atoms with van der Waals surface area (Å²) in [6.45, 7) is 6.10. The SMILES string of the molecule is Cc1[nH]c(C(c2ccc(F)c(Cl)c2)C2CC(C)(C)C2)nc1S(C)(=O)=O. The van der Waals surface area contributed by atoms with Gasteiger partial charge in [-0.2, -0.15) is 0 Å². The summed E-state index contributed by atoms with van der Waals surface area (Å²) in [4.78, 5) is 7.51. The summed E-state index contributed by atoms with van der Waals surface area (Å²) in [6.07, 6.45) is 3.12. The van der Waals surface area contributed by atoms with Crippen molar-refractivity contribution in [2.45, 2.75) is 44.6 Å². The average Bonchev–Trinajstić information content (AvgIpc) is 2.83. The third kappa shape index (κ3) is 3.60. The Hall–Kier alpha value is -1.40. The number of hydrogen-bond acceptors (Lipinski definition) is 3. The fourth-order valence-corrected chi connectivity index (χ4v) is 4.99. The topological polar surface area (TPSA) is 62.8 Å². The second-order valence-corrected chi connectivity index (χ2v) is 10.1. The van der Waals surface area contributed by atoms with E-state index in [2.05, 4.69) is 23.8 Å². The predicted octanol–water partition coefficient (Wildman–Crippen LogP) is 4.48. The molecule has 136 valence electrons. The molecule has 3 rings (SSSR count). The monoisotopic (exact) mass is 384 g/mol. The number of aromatic nitrogens is 2. The molecule has 0 bridgehead atoms. The van der Waals surface area contributed by atoms with Gasteiger partial charge in [-0.05, 0) is 48.8 Å². The van der Waals surface area contributed by atoms with E-state index in [0.717, 1.165) is 24.7 Å². The molecule has 2 aromatic rings. The number of rotatable bonds is 4. The van der Waals surface area contributed by atoms with Gasteiger partial charge in [0, 0.05) is 12.2 Å². The molecule has 0 spiro atoms. The van der Waals surface area contributed by atoms with Crippen LogP contribution in [0.2, 0.25) is 5.02 Å². The summed E-state index contributed by atoms with van der Waals surface area (Å²) in [5, 5.41) is 0.131. The molecule has 0 radical (unpaired) electrons. The van der Waals surface area contributed by atoms with Crippen LogP contribution in [0.15, 0.2) is 23.2 Å². The summed E-state index contributed by atoms with van der Waals surface area (Å²) in [7, 11) is -3.41. The first kappa shape index (κ1) is 18.4. The maximum Gasteiger partial charge on any atom is 0.194 e. The Morgan fingerprint density at radius 3 is 2.48 bits per heavy atom. The van der Waals surface area contributed by atoms with Crippen molar-refractivity contribution >= 4 is 21.4 Å². The first-order valence-corrected chi connectivity index (χ1v) is 10.5. The zero-order valence-corrected chi connectivity index (χ0v) is 16.3. The molecule has 0 saturated heterocycles. The van der Waals surface area contributed by atoms with Crippen molar-refractivity contribution in [2.24, 2.45) is 11.3 Å². The Balaban J connectivity index is 2.07. The number of nitrogens with one attached hydrogen (secondary N) is 1. The van der Waals surface area contributed by atoms with Gasteiger partial charge in [0.2, 0.25) is 0 Å². The third-order valence-corrected chi connectivity index (χ3v) is 6.30. The number of halogens is 2. The number of H-pyrrole nitrogens is 1. The van der Waals surface area contributed by atoms with Crippen molar-refractivity contribution < 1.29 is 12.8 Å². The fraction of sp³-hybridized carbons (Fsp3) is 0.500.